The molecule has 0 bridgehead atoms. The van der Waals surface area contributed by atoms with E-state index in [4.69, 9.17) is 15.2 Å². The van der Waals surface area contributed by atoms with E-state index in [0.717, 1.165) is 25.0 Å². The highest BCUT2D eigenvalue weighted by molar-refractivity contribution is 6.03. The lowest BCUT2D eigenvalue weighted by Gasteiger charge is -2.15. The number of nitrogens with zero attached hydrogens (tertiary/aromatic N) is 3. The van der Waals surface area contributed by atoms with Crippen molar-refractivity contribution < 1.29 is 27.9 Å². The molecule has 0 aliphatic heterocycles. The van der Waals surface area contributed by atoms with Gasteiger partial charge in [0.25, 0.3) is 5.91 Å². The number of carbonyl (C=O) groups is 2. The standard InChI is InChI=1S/C16H15N5O.C2HF3O2/c17-9-12-10-19-15(20-12)16(22)21-13-7-4-8-18-14(13)11-5-2-1-3-6-11;3-2(4,5)1(6)7/h4-5,7-8,10H,1-3,6H2,(H,19,20)(H,21,22);(H,6,7). The number of hydrogen-bond acceptors (Lipinski definition) is 5. The number of amides is 1. The Morgan fingerprint density at radius 3 is 2.55 bits per heavy atom. The van der Waals surface area contributed by atoms with Gasteiger partial charge in [0.1, 0.15) is 11.8 Å². The van der Waals surface area contributed by atoms with Crippen LogP contribution in [-0.2, 0) is 4.79 Å². The Bertz CT molecular complexity index is 960. The number of carbonyl (C=O) groups excluding carboxylic acids is 1. The van der Waals surface area contributed by atoms with Crippen LogP contribution in [-0.4, -0.2) is 38.1 Å². The predicted octanol–water partition coefficient (Wildman–Crippen LogP) is 3.52. The summed E-state index contributed by atoms with van der Waals surface area (Å²) in [5, 5.41) is 18.7. The topological polar surface area (TPSA) is 132 Å². The third-order valence-electron chi connectivity index (χ3n) is 3.80. The first-order valence-corrected chi connectivity index (χ1v) is 8.43. The van der Waals surface area contributed by atoms with Gasteiger partial charge in [0.15, 0.2) is 5.82 Å². The quantitative estimate of drug-likeness (QED) is 0.713. The Kier molecular flexibility index (Phi) is 7.08. The van der Waals surface area contributed by atoms with Crippen LogP contribution in [0.25, 0.3) is 5.57 Å². The number of carboxylic acids is 1. The first-order chi connectivity index (χ1) is 13.7. The summed E-state index contributed by atoms with van der Waals surface area (Å²) in [6.07, 6.45) is 4.51. The Morgan fingerprint density at radius 2 is 2.00 bits per heavy atom. The maximum absolute atomic E-state index is 12.2. The molecule has 152 valence electrons. The molecule has 1 aliphatic carbocycles. The van der Waals surface area contributed by atoms with Gasteiger partial charge in [-0.1, -0.05) is 6.08 Å². The largest absolute Gasteiger partial charge is 0.490 e. The van der Waals surface area contributed by atoms with Crippen molar-refractivity contribution in [1.82, 2.24) is 15.0 Å². The predicted molar refractivity (Wildman–Crippen MR) is 95.6 cm³/mol. The number of halogens is 3. The molecule has 29 heavy (non-hydrogen) atoms. The van der Waals surface area contributed by atoms with Crippen LogP contribution in [0.3, 0.4) is 0 Å². The second kappa shape index (κ2) is 9.50. The van der Waals surface area contributed by atoms with E-state index >= 15 is 0 Å². The summed E-state index contributed by atoms with van der Waals surface area (Å²) in [5.74, 6) is -3.02. The summed E-state index contributed by atoms with van der Waals surface area (Å²) < 4.78 is 31.7. The van der Waals surface area contributed by atoms with E-state index < -0.39 is 12.1 Å². The number of aromatic nitrogens is 3. The van der Waals surface area contributed by atoms with E-state index in [1.54, 1.807) is 12.3 Å². The number of hydrogen-bond donors (Lipinski definition) is 3. The summed E-state index contributed by atoms with van der Waals surface area (Å²) in [4.78, 5) is 32.1. The monoisotopic (exact) mass is 407 g/mol. The van der Waals surface area contributed by atoms with Crippen molar-refractivity contribution in [3.05, 3.63) is 47.8 Å². The molecule has 2 aromatic heterocycles. The Labute approximate surface area is 163 Å². The molecule has 0 fully saturated rings. The molecule has 0 spiro atoms. The van der Waals surface area contributed by atoms with E-state index in [0.29, 0.717) is 5.69 Å². The third-order valence-corrected chi connectivity index (χ3v) is 3.80. The molecule has 11 heteroatoms. The minimum atomic E-state index is -5.08. The molecule has 0 atom stereocenters. The lowest BCUT2D eigenvalue weighted by molar-refractivity contribution is -0.192. The molecule has 0 radical (unpaired) electrons. The van der Waals surface area contributed by atoms with Gasteiger partial charge in [-0.3, -0.25) is 9.78 Å². The zero-order valence-corrected chi connectivity index (χ0v) is 15.0. The van der Waals surface area contributed by atoms with E-state index in [1.807, 2.05) is 12.1 Å². The normalized spacial score (nSPS) is 13.4. The number of nitrogens with one attached hydrogen (secondary N) is 2. The van der Waals surface area contributed by atoms with Gasteiger partial charge in [0, 0.05) is 6.20 Å². The van der Waals surface area contributed by atoms with E-state index in [2.05, 4.69) is 26.3 Å². The number of alkyl halides is 3. The Hall–Kier alpha value is -3.68. The zero-order chi connectivity index (χ0) is 21.4. The van der Waals surface area contributed by atoms with Crippen molar-refractivity contribution in [3.63, 3.8) is 0 Å². The second-order valence-corrected chi connectivity index (χ2v) is 5.89. The maximum atomic E-state index is 12.2. The molecular weight excluding hydrogens is 391 g/mol. The highest BCUT2D eigenvalue weighted by Crippen LogP contribution is 2.30. The van der Waals surface area contributed by atoms with Crippen LogP contribution in [0.1, 0.15) is 47.7 Å². The lowest BCUT2D eigenvalue weighted by Crippen LogP contribution is -2.21. The molecule has 0 aromatic carbocycles. The number of aliphatic carboxylic acids is 1. The number of anilines is 1. The molecule has 2 aromatic rings. The van der Waals surface area contributed by atoms with Crippen LogP contribution in [0, 0.1) is 11.3 Å². The van der Waals surface area contributed by atoms with Crippen molar-refractivity contribution in [2.45, 2.75) is 31.9 Å². The minimum Gasteiger partial charge on any atom is -0.475 e. The maximum Gasteiger partial charge on any atom is 0.490 e. The molecule has 8 nitrogen and oxygen atoms in total. The number of nitriles is 1. The number of pyridine rings is 1. The van der Waals surface area contributed by atoms with Gasteiger partial charge in [0.05, 0.1) is 17.6 Å². The number of allylic oxidation sites excluding steroid dienone is 2. The summed E-state index contributed by atoms with van der Waals surface area (Å²) in [7, 11) is 0. The van der Waals surface area contributed by atoms with Gasteiger partial charge in [0.2, 0.25) is 0 Å². The molecule has 0 saturated carbocycles. The SMILES string of the molecule is N#Cc1cnc(C(=O)Nc2cccnc2C2=CCCCC2)[nH]1.O=C(O)C(F)(F)F. The summed E-state index contributed by atoms with van der Waals surface area (Å²) in [5.41, 5.74) is 2.89. The van der Waals surface area contributed by atoms with Crippen LogP contribution >= 0.6 is 0 Å². The highest BCUT2D eigenvalue weighted by Gasteiger charge is 2.38. The fraction of sp³-hybridized carbons (Fsp3) is 0.278. The first-order valence-electron chi connectivity index (χ1n) is 8.43. The van der Waals surface area contributed by atoms with Gasteiger partial charge >= 0.3 is 12.1 Å². The Morgan fingerprint density at radius 1 is 1.28 bits per heavy atom. The van der Waals surface area contributed by atoms with Crippen LogP contribution in [0.5, 0.6) is 0 Å². The molecule has 1 amide bonds. The van der Waals surface area contributed by atoms with Crippen molar-refractivity contribution in [2.24, 2.45) is 0 Å². The summed E-state index contributed by atoms with van der Waals surface area (Å²) in [6.45, 7) is 0. The van der Waals surface area contributed by atoms with E-state index in [1.165, 1.54) is 18.2 Å². The molecule has 2 heterocycles. The van der Waals surface area contributed by atoms with Crippen molar-refractivity contribution in [2.75, 3.05) is 5.32 Å². The molecule has 1 aliphatic rings. The number of aromatic amines is 1. The van der Waals surface area contributed by atoms with Crippen molar-refractivity contribution in [3.8, 4) is 6.07 Å². The second-order valence-electron chi connectivity index (χ2n) is 5.89. The number of imidazole rings is 1. The van der Waals surface area contributed by atoms with Gasteiger partial charge in [-0.2, -0.15) is 18.4 Å². The van der Waals surface area contributed by atoms with Crippen molar-refractivity contribution in [1.29, 1.82) is 5.26 Å². The van der Waals surface area contributed by atoms with Crippen LogP contribution in [0.4, 0.5) is 18.9 Å². The molecule has 0 saturated heterocycles. The average Bonchev–Trinajstić information content (AvgIpc) is 3.18. The van der Waals surface area contributed by atoms with Gasteiger partial charge in [-0.05, 0) is 43.4 Å². The Balaban J connectivity index is 0.000000370. The molecular formula is C18H16F3N5O3. The molecule has 0 unspecified atom stereocenters. The fourth-order valence-corrected chi connectivity index (χ4v) is 2.49. The molecule has 3 rings (SSSR count). The van der Waals surface area contributed by atoms with Crippen LogP contribution in [0.2, 0.25) is 0 Å². The minimum absolute atomic E-state index is 0.115. The fourth-order valence-electron chi connectivity index (χ4n) is 2.49. The first kappa shape index (κ1) is 21.6. The van der Waals surface area contributed by atoms with E-state index in [-0.39, 0.29) is 17.4 Å². The van der Waals surface area contributed by atoms with Gasteiger partial charge in [-0.15, -0.1) is 0 Å². The number of H-pyrrole nitrogens is 1. The van der Waals surface area contributed by atoms with Crippen LogP contribution in [0.15, 0.2) is 30.6 Å². The van der Waals surface area contributed by atoms with Gasteiger partial charge < -0.3 is 15.4 Å². The van der Waals surface area contributed by atoms with Crippen molar-refractivity contribution >= 4 is 23.1 Å². The number of carboxylic acid groups (broad SMARTS) is 1. The van der Waals surface area contributed by atoms with E-state index in [9.17, 15) is 18.0 Å². The smallest absolute Gasteiger partial charge is 0.475 e. The van der Waals surface area contributed by atoms with Gasteiger partial charge in [-0.25, -0.2) is 9.78 Å². The summed E-state index contributed by atoms with van der Waals surface area (Å²) >= 11 is 0. The summed E-state index contributed by atoms with van der Waals surface area (Å²) in [6, 6.07) is 5.52. The van der Waals surface area contributed by atoms with Crippen LogP contribution < -0.4 is 5.32 Å². The lowest BCUT2D eigenvalue weighted by atomic mass is 9.96. The average molecular weight is 407 g/mol. The number of rotatable bonds is 3. The zero-order valence-electron chi connectivity index (χ0n) is 15.0. The third kappa shape index (κ3) is 6.17. The highest BCUT2D eigenvalue weighted by atomic mass is 19.4. The molecule has 3 N–H and O–H groups in total.